The van der Waals surface area contributed by atoms with E-state index in [1.54, 1.807) is 6.07 Å². The van der Waals surface area contributed by atoms with E-state index in [2.05, 4.69) is 10.3 Å². The lowest BCUT2D eigenvalue weighted by Crippen LogP contribution is -2.14. The van der Waals surface area contributed by atoms with Gasteiger partial charge in [0.1, 0.15) is 22.9 Å². The van der Waals surface area contributed by atoms with Crippen molar-refractivity contribution in [3.05, 3.63) is 75.5 Å². The minimum Gasteiger partial charge on any atom is -0.508 e. The molecule has 33 heavy (non-hydrogen) atoms. The number of rotatable bonds is 4. The number of aromatic hydroxyl groups is 2. The summed E-state index contributed by atoms with van der Waals surface area (Å²) >= 11 is 6.16. The number of hydrogen-bond acceptors (Lipinski definition) is 5. The Bertz CT molecular complexity index is 1410. The number of phenolic OH excluding ortho intramolecular Hbond substituents is 2. The summed E-state index contributed by atoms with van der Waals surface area (Å²) in [6.45, 7) is 0. The van der Waals surface area contributed by atoms with Gasteiger partial charge in [-0.1, -0.05) is 11.6 Å². The maximum absolute atomic E-state index is 13.5. The second-order valence-corrected chi connectivity index (χ2v) is 7.61. The average molecular weight is 477 g/mol. The molecule has 0 bridgehead atoms. The van der Waals surface area contributed by atoms with Crippen LogP contribution in [0, 0.1) is 0 Å². The second kappa shape index (κ2) is 8.25. The molecular formula is C23H16ClF3N2O4. The Kier molecular flexibility index (Phi) is 5.59. The fourth-order valence-electron chi connectivity index (χ4n) is 3.56. The molecule has 0 unspecified atom stereocenters. The molecule has 6 nitrogen and oxygen atoms in total. The minimum atomic E-state index is -4.62. The zero-order chi connectivity index (χ0) is 23.9. The van der Waals surface area contributed by atoms with Gasteiger partial charge in [0.2, 0.25) is 0 Å². The molecule has 1 heterocycles. The lowest BCUT2D eigenvalue weighted by atomic mass is 9.96. The highest BCUT2D eigenvalue weighted by molar-refractivity contribution is 6.31. The molecule has 0 amide bonds. The van der Waals surface area contributed by atoms with Gasteiger partial charge in [0.25, 0.3) is 5.56 Å². The maximum atomic E-state index is 13.5. The Morgan fingerprint density at radius 2 is 1.70 bits per heavy atom. The first-order valence-corrected chi connectivity index (χ1v) is 9.86. The third kappa shape index (κ3) is 4.40. The number of aromatic amines is 1. The van der Waals surface area contributed by atoms with Crippen molar-refractivity contribution in [1.82, 2.24) is 4.98 Å². The molecule has 10 heteroatoms. The highest BCUT2D eigenvalue weighted by Gasteiger charge is 2.31. The van der Waals surface area contributed by atoms with Gasteiger partial charge >= 0.3 is 6.18 Å². The summed E-state index contributed by atoms with van der Waals surface area (Å²) in [6.07, 6.45) is -4.62. The standard InChI is InChI=1S/C23H16ClF3N2O4/c1-33-19-5-3-12(24)7-17(19)20-16-6-11(23(25,26)27)2-4-18(16)29-22(32)21(20)28-13-8-14(30)10-15(31)9-13/h2-10,28,30-31H,1H3,(H,29,32). The van der Waals surface area contributed by atoms with E-state index in [0.717, 1.165) is 18.2 Å². The molecule has 0 saturated carbocycles. The van der Waals surface area contributed by atoms with Gasteiger partial charge in [-0.05, 0) is 36.4 Å². The topological polar surface area (TPSA) is 94.6 Å². The molecule has 0 aliphatic carbocycles. The Morgan fingerprint density at radius 1 is 1.00 bits per heavy atom. The SMILES string of the molecule is COc1ccc(Cl)cc1-c1c(Nc2cc(O)cc(O)c2)c(=O)[nH]c2ccc(C(F)(F)F)cc12. The van der Waals surface area contributed by atoms with Crippen LogP contribution in [0.1, 0.15) is 5.56 Å². The number of nitrogens with one attached hydrogen (secondary N) is 2. The summed E-state index contributed by atoms with van der Waals surface area (Å²) in [5.41, 5.74) is -1.03. The van der Waals surface area contributed by atoms with E-state index in [0.29, 0.717) is 0 Å². The average Bonchev–Trinajstić information content (AvgIpc) is 2.72. The highest BCUT2D eigenvalue weighted by Crippen LogP contribution is 2.42. The van der Waals surface area contributed by atoms with Gasteiger partial charge in [-0.3, -0.25) is 4.79 Å². The summed E-state index contributed by atoms with van der Waals surface area (Å²) in [7, 11) is 1.38. The van der Waals surface area contributed by atoms with Crippen molar-refractivity contribution in [1.29, 1.82) is 0 Å². The molecule has 0 aliphatic heterocycles. The van der Waals surface area contributed by atoms with E-state index in [4.69, 9.17) is 16.3 Å². The van der Waals surface area contributed by atoms with Crippen LogP contribution in [0.4, 0.5) is 24.5 Å². The number of methoxy groups -OCH3 is 1. The normalized spacial score (nSPS) is 11.5. The number of benzene rings is 3. The molecule has 0 fully saturated rings. The van der Waals surface area contributed by atoms with Gasteiger partial charge in [0.05, 0.1) is 12.7 Å². The minimum absolute atomic E-state index is 0.0804. The Hall–Kier alpha value is -3.85. The van der Waals surface area contributed by atoms with Crippen LogP contribution >= 0.6 is 11.6 Å². The quantitative estimate of drug-likeness (QED) is 0.288. The van der Waals surface area contributed by atoms with Crippen LogP contribution in [0.25, 0.3) is 22.0 Å². The molecule has 4 N–H and O–H groups in total. The number of aromatic nitrogens is 1. The molecule has 4 aromatic rings. The number of hydrogen-bond donors (Lipinski definition) is 4. The Morgan fingerprint density at radius 3 is 2.33 bits per heavy atom. The number of halogens is 4. The fraction of sp³-hybridized carbons (Fsp3) is 0.0870. The first-order valence-electron chi connectivity index (χ1n) is 9.48. The summed E-state index contributed by atoms with van der Waals surface area (Å²) in [5, 5.41) is 22.7. The van der Waals surface area contributed by atoms with Crippen LogP contribution < -0.4 is 15.6 Å². The molecule has 1 aromatic heterocycles. The predicted molar refractivity (Wildman–Crippen MR) is 120 cm³/mol. The highest BCUT2D eigenvalue weighted by atomic mass is 35.5. The van der Waals surface area contributed by atoms with E-state index < -0.39 is 17.3 Å². The zero-order valence-corrected chi connectivity index (χ0v) is 17.7. The van der Waals surface area contributed by atoms with E-state index in [1.165, 1.54) is 37.4 Å². The van der Waals surface area contributed by atoms with Crippen LogP contribution in [-0.2, 0) is 6.18 Å². The number of ether oxygens (including phenoxy) is 1. The molecule has 0 aliphatic rings. The summed E-state index contributed by atoms with van der Waals surface area (Å²) in [4.78, 5) is 15.6. The molecule has 3 aromatic carbocycles. The molecule has 170 valence electrons. The third-order valence-electron chi connectivity index (χ3n) is 4.94. The monoisotopic (exact) mass is 476 g/mol. The number of alkyl halides is 3. The summed E-state index contributed by atoms with van der Waals surface area (Å²) < 4.78 is 45.8. The first-order chi connectivity index (χ1) is 15.6. The third-order valence-corrected chi connectivity index (χ3v) is 5.18. The van der Waals surface area contributed by atoms with Crippen molar-refractivity contribution in [3.63, 3.8) is 0 Å². The predicted octanol–water partition coefficient (Wildman–Crippen LogP) is 6.03. The first kappa shape index (κ1) is 22.3. The number of anilines is 2. The lowest BCUT2D eigenvalue weighted by molar-refractivity contribution is -0.137. The van der Waals surface area contributed by atoms with E-state index in [1.807, 2.05) is 0 Å². The van der Waals surface area contributed by atoms with Crippen molar-refractivity contribution in [2.24, 2.45) is 0 Å². The van der Waals surface area contributed by atoms with Gasteiger partial charge in [-0.15, -0.1) is 0 Å². The summed E-state index contributed by atoms with van der Waals surface area (Å²) in [5.74, 6) is -0.294. The van der Waals surface area contributed by atoms with Gasteiger partial charge in [0.15, 0.2) is 0 Å². The van der Waals surface area contributed by atoms with E-state index in [-0.39, 0.29) is 55.7 Å². The second-order valence-electron chi connectivity index (χ2n) is 7.17. The fourth-order valence-corrected chi connectivity index (χ4v) is 3.73. The Labute approximate surface area is 189 Å². The van der Waals surface area contributed by atoms with Crippen LogP contribution in [-0.4, -0.2) is 22.3 Å². The number of fused-ring (bicyclic) bond motifs is 1. The molecule has 0 radical (unpaired) electrons. The smallest absolute Gasteiger partial charge is 0.416 e. The van der Waals surface area contributed by atoms with Gasteiger partial charge in [-0.2, -0.15) is 13.2 Å². The largest absolute Gasteiger partial charge is 0.508 e. The van der Waals surface area contributed by atoms with Gasteiger partial charge in [-0.25, -0.2) is 0 Å². The van der Waals surface area contributed by atoms with Crippen molar-refractivity contribution >= 4 is 33.9 Å². The molecular weight excluding hydrogens is 461 g/mol. The van der Waals surface area contributed by atoms with Crippen LogP contribution in [0.5, 0.6) is 17.2 Å². The van der Waals surface area contributed by atoms with E-state index >= 15 is 0 Å². The van der Waals surface area contributed by atoms with Crippen molar-refractivity contribution in [2.75, 3.05) is 12.4 Å². The van der Waals surface area contributed by atoms with Gasteiger partial charge < -0.3 is 25.3 Å². The summed E-state index contributed by atoms with van der Waals surface area (Å²) in [6, 6.07) is 11.1. The molecule has 0 spiro atoms. The number of phenols is 2. The van der Waals surface area contributed by atoms with E-state index in [9.17, 15) is 28.2 Å². The maximum Gasteiger partial charge on any atom is 0.416 e. The Balaban J connectivity index is 2.10. The lowest BCUT2D eigenvalue weighted by Gasteiger charge is -2.18. The molecule has 0 atom stereocenters. The molecule has 4 rings (SSSR count). The van der Waals surface area contributed by atoms with Crippen LogP contribution in [0.2, 0.25) is 5.02 Å². The van der Waals surface area contributed by atoms with Crippen molar-refractivity contribution in [2.45, 2.75) is 6.18 Å². The molecule has 0 saturated heterocycles. The van der Waals surface area contributed by atoms with Crippen LogP contribution in [0.3, 0.4) is 0 Å². The van der Waals surface area contributed by atoms with Crippen LogP contribution in [0.15, 0.2) is 59.4 Å². The van der Waals surface area contributed by atoms with Crippen molar-refractivity contribution < 1.29 is 28.1 Å². The zero-order valence-electron chi connectivity index (χ0n) is 16.9. The van der Waals surface area contributed by atoms with Gasteiger partial charge in [0, 0.05) is 50.9 Å². The van der Waals surface area contributed by atoms with Crippen molar-refractivity contribution in [3.8, 4) is 28.4 Å². The number of pyridine rings is 1. The number of H-pyrrole nitrogens is 1.